The molecule has 1 heterocycles. The van der Waals surface area contributed by atoms with Gasteiger partial charge in [0, 0.05) is 12.5 Å². The number of hydrogen-bond donors (Lipinski definition) is 1. The summed E-state index contributed by atoms with van der Waals surface area (Å²) in [4.78, 5) is 4.34. The lowest BCUT2D eigenvalue weighted by atomic mass is 9.98. The molecule has 0 aliphatic heterocycles. The van der Waals surface area contributed by atoms with Crippen LogP contribution in [0.5, 0.6) is 0 Å². The normalized spacial score (nSPS) is 19.0. The zero-order valence-electron chi connectivity index (χ0n) is 11.3. The maximum absolute atomic E-state index is 5.80. The molecule has 1 fully saturated rings. The first kappa shape index (κ1) is 13.5. The zero-order valence-corrected chi connectivity index (χ0v) is 11.3. The smallest absolute Gasteiger partial charge is 0.252 e. The molecular formula is C13H23N3O2. The molecule has 0 amide bonds. The van der Waals surface area contributed by atoms with Gasteiger partial charge in [-0.25, -0.2) is 0 Å². The van der Waals surface area contributed by atoms with Crippen LogP contribution in [-0.2, 0) is 17.8 Å². The van der Waals surface area contributed by atoms with Crippen LogP contribution in [0.2, 0.25) is 0 Å². The van der Waals surface area contributed by atoms with E-state index < -0.39 is 0 Å². The van der Waals surface area contributed by atoms with E-state index >= 15 is 0 Å². The lowest BCUT2D eigenvalue weighted by Gasteiger charge is -2.20. The minimum absolute atomic E-state index is 0.356. The summed E-state index contributed by atoms with van der Waals surface area (Å²) in [6.07, 6.45) is 7.38. The summed E-state index contributed by atoms with van der Waals surface area (Å²) in [5.41, 5.74) is 0. The molecule has 5 nitrogen and oxygen atoms in total. The van der Waals surface area contributed by atoms with Crippen LogP contribution in [0, 0.1) is 0 Å². The molecule has 102 valence electrons. The molecule has 18 heavy (non-hydrogen) atoms. The number of nitrogens with zero attached hydrogens (tertiary/aromatic N) is 2. The fourth-order valence-electron chi connectivity index (χ4n) is 2.23. The number of ether oxygens (including phenoxy) is 1. The highest BCUT2D eigenvalue weighted by Gasteiger charge is 2.16. The van der Waals surface area contributed by atoms with Crippen molar-refractivity contribution in [1.82, 2.24) is 15.5 Å². The number of nitrogens with one attached hydrogen (secondary N) is 1. The molecule has 1 unspecified atom stereocenters. The average Bonchev–Trinajstić information content (AvgIpc) is 2.85. The Morgan fingerprint density at radius 3 is 2.89 bits per heavy atom. The quantitative estimate of drug-likeness (QED) is 0.841. The van der Waals surface area contributed by atoms with Gasteiger partial charge in [0.25, 0.3) is 5.89 Å². The summed E-state index contributed by atoms with van der Waals surface area (Å²) in [5, 5.41) is 7.12. The highest BCUT2D eigenvalue weighted by molar-refractivity contribution is 4.88. The molecular weight excluding hydrogens is 230 g/mol. The molecule has 1 atom stereocenters. The van der Waals surface area contributed by atoms with E-state index in [9.17, 15) is 0 Å². The van der Waals surface area contributed by atoms with Crippen LogP contribution in [0.4, 0.5) is 0 Å². The van der Waals surface area contributed by atoms with Crippen LogP contribution < -0.4 is 5.32 Å². The second-order valence-corrected chi connectivity index (χ2v) is 5.07. The highest BCUT2D eigenvalue weighted by Crippen LogP contribution is 2.21. The van der Waals surface area contributed by atoms with Crippen molar-refractivity contribution in [2.24, 2.45) is 0 Å². The van der Waals surface area contributed by atoms with E-state index in [4.69, 9.17) is 9.26 Å². The van der Waals surface area contributed by atoms with Gasteiger partial charge >= 0.3 is 0 Å². The van der Waals surface area contributed by atoms with E-state index in [0.717, 1.165) is 25.1 Å². The van der Waals surface area contributed by atoms with Gasteiger partial charge in [-0.05, 0) is 26.8 Å². The summed E-state index contributed by atoms with van der Waals surface area (Å²) < 4.78 is 11.0. The minimum atomic E-state index is 0.356. The molecule has 1 aliphatic carbocycles. The Bertz CT molecular complexity index is 348. The molecule has 1 aliphatic rings. The lowest BCUT2D eigenvalue weighted by molar-refractivity contribution is 0.00462. The fraction of sp³-hybridized carbons (Fsp3) is 0.846. The van der Waals surface area contributed by atoms with E-state index in [1.807, 2.05) is 7.05 Å². The largest absolute Gasteiger partial charge is 0.368 e. The van der Waals surface area contributed by atoms with Crippen molar-refractivity contribution in [3.63, 3.8) is 0 Å². The molecule has 0 saturated heterocycles. The first-order valence-electron chi connectivity index (χ1n) is 6.88. The molecule has 2 rings (SSSR count). The zero-order chi connectivity index (χ0) is 12.8. The maximum Gasteiger partial charge on any atom is 0.252 e. The highest BCUT2D eigenvalue weighted by atomic mass is 16.5. The van der Waals surface area contributed by atoms with Crippen molar-refractivity contribution < 1.29 is 9.26 Å². The Morgan fingerprint density at radius 1 is 1.39 bits per heavy atom. The second-order valence-electron chi connectivity index (χ2n) is 5.07. The van der Waals surface area contributed by atoms with Crippen molar-refractivity contribution in [3.8, 4) is 0 Å². The predicted octanol–water partition coefficient (Wildman–Crippen LogP) is 2.07. The summed E-state index contributed by atoms with van der Waals surface area (Å²) in [7, 11) is 1.93. The Hall–Kier alpha value is -0.940. The van der Waals surface area contributed by atoms with E-state index in [2.05, 4.69) is 22.4 Å². The van der Waals surface area contributed by atoms with Gasteiger partial charge < -0.3 is 14.6 Å². The van der Waals surface area contributed by atoms with Crippen molar-refractivity contribution in [1.29, 1.82) is 0 Å². The van der Waals surface area contributed by atoms with Crippen LogP contribution in [0.1, 0.15) is 50.7 Å². The number of aromatic nitrogens is 2. The number of hydrogen-bond acceptors (Lipinski definition) is 5. The summed E-state index contributed by atoms with van der Waals surface area (Å²) in [6, 6.07) is 0.356. The summed E-state index contributed by atoms with van der Waals surface area (Å²) in [5.74, 6) is 1.35. The van der Waals surface area contributed by atoms with Crippen LogP contribution >= 0.6 is 0 Å². The Labute approximate surface area is 108 Å². The molecule has 0 radical (unpaired) electrons. The molecule has 1 N–H and O–H groups in total. The monoisotopic (exact) mass is 253 g/mol. The fourth-order valence-corrected chi connectivity index (χ4v) is 2.23. The molecule has 0 aromatic carbocycles. The molecule has 1 aromatic rings. The van der Waals surface area contributed by atoms with Crippen LogP contribution in [0.3, 0.4) is 0 Å². The van der Waals surface area contributed by atoms with Gasteiger partial charge in [0.15, 0.2) is 5.82 Å². The van der Waals surface area contributed by atoms with Crippen molar-refractivity contribution in [2.75, 3.05) is 7.05 Å². The van der Waals surface area contributed by atoms with Gasteiger partial charge in [0.2, 0.25) is 0 Å². The van der Waals surface area contributed by atoms with E-state index in [1.54, 1.807) is 0 Å². The Morgan fingerprint density at radius 2 is 2.17 bits per heavy atom. The summed E-state index contributed by atoms with van der Waals surface area (Å²) >= 11 is 0. The molecule has 1 saturated carbocycles. The third-order valence-electron chi connectivity index (χ3n) is 3.49. The topological polar surface area (TPSA) is 60.2 Å². The van der Waals surface area contributed by atoms with Gasteiger partial charge in [-0.1, -0.05) is 24.4 Å². The van der Waals surface area contributed by atoms with E-state index in [1.165, 1.54) is 19.3 Å². The Kier molecular flexibility index (Phi) is 5.13. The average molecular weight is 253 g/mol. The molecule has 1 aromatic heterocycles. The van der Waals surface area contributed by atoms with Crippen LogP contribution in [0.25, 0.3) is 0 Å². The maximum atomic E-state index is 5.80. The van der Waals surface area contributed by atoms with Gasteiger partial charge in [0.1, 0.15) is 6.61 Å². The number of rotatable bonds is 6. The van der Waals surface area contributed by atoms with Crippen LogP contribution in [0.15, 0.2) is 4.52 Å². The first-order valence-corrected chi connectivity index (χ1v) is 6.88. The lowest BCUT2D eigenvalue weighted by Crippen LogP contribution is -2.24. The third-order valence-corrected chi connectivity index (χ3v) is 3.49. The van der Waals surface area contributed by atoms with Crippen molar-refractivity contribution >= 4 is 0 Å². The van der Waals surface area contributed by atoms with E-state index in [0.29, 0.717) is 24.6 Å². The minimum Gasteiger partial charge on any atom is -0.368 e. The standard InChI is InChI=1S/C13H23N3O2/c1-10(14-2)8-12-15-13(18-16-12)9-17-11-6-4-3-5-7-11/h10-11,14H,3-9H2,1-2H3. The second kappa shape index (κ2) is 6.85. The molecule has 0 bridgehead atoms. The van der Waals surface area contributed by atoms with E-state index in [-0.39, 0.29) is 0 Å². The number of likely N-dealkylation sites (N-methyl/N-ethyl adjacent to an activating group) is 1. The van der Waals surface area contributed by atoms with Crippen LogP contribution in [-0.4, -0.2) is 29.3 Å². The first-order chi connectivity index (χ1) is 8.78. The predicted molar refractivity (Wildman–Crippen MR) is 68.2 cm³/mol. The summed E-state index contributed by atoms with van der Waals surface area (Å²) in [6.45, 7) is 2.54. The van der Waals surface area contributed by atoms with Crippen molar-refractivity contribution in [3.05, 3.63) is 11.7 Å². The third kappa shape index (κ3) is 4.07. The Balaban J connectivity index is 1.75. The van der Waals surface area contributed by atoms with Gasteiger partial charge in [-0.3, -0.25) is 0 Å². The molecule has 0 spiro atoms. The van der Waals surface area contributed by atoms with Crippen molar-refractivity contribution in [2.45, 2.75) is 64.2 Å². The van der Waals surface area contributed by atoms with Gasteiger partial charge in [0.05, 0.1) is 6.10 Å². The van der Waals surface area contributed by atoms with Gasteiger partial charge in [-0.15, -0.1) is 0 Å². The van der Waals surface area contributed by atoms with Gasteiger partial charge in [-0.2, -0.15) is 4.98 Å². The SMILES string of the molecule is CNC(C)Cc1noc(COC2CCCCC2)n1. The molecule has 5 heteroatoms.